The molecule has 2 N–H and O–H groups in total. The summed E-state index contributed by atoms with van der Waals surface area (Å²) in [4.78, 5) is 7.84. The number of halogens is 1. The molecule has 2 heterocycles. The molecule has 1 aliphatic rings. The summed E-state index contributed by atoms with van der Waals surface area (Å²) >= 11 is 0. The van der Waals surface area contributed by atoms with Crippen LogP contribution < -0.4 is 5.73 Å². The van der Waals surface area contributed by atoms with Crippen molar-refractivity contribution in [2.24, 2.45) is 23.7 Å². The van der Waals surface area contributed by atoms with Crippen LogP contribution in [0.4, 0.5) is 0 Å². The van der Waals surface area contributed by atoms with Gasteiger partial charge in [0.1, 0.15) is 6.54 Å². The Bertz CT molecular complexity index is 395. The van der Waals surface area contributed by atoms with Crippen LogP contribution in [0.2, 0.25) is 0 Å². The predicted molar refractivity (Wildman–Crippen MR) is 79.5 cm³/mol. The molecule has 2 rings (SSSR count). The van der Waals surface area contributed by atoms with Crippen LogP contribution in [-0.4, -0.2) is 44.2 Å². The number of aliphatic imine (C=N–C) groups is 1. The van der Waals surface area contributed by atoms with Gasteiger partial charge in [-0.15, -0.1) is 34.2 Å². The summed E-state index contributed by atoms with van der Waals surface area (Å²) in [5.41, 5.74) is 5.94. The maximum atomic E-state index is 5.94. The molecule has 102 valence electrons. The van der Waals surface area contributed by atoms with Crippen molar-refractivity contribution < 1.29 is 0 Å². The molecule has 0 saturated carbocycles. The normalized spacial score (nSPS) is 17.7. The highest BCUT2D eigenvalue weighted by Gasteiger charge is 2.16. The molecule has 0 aromatic carbocycles. The lowest BCUT2D eigenvalue weighted by Gasteiger charge is -2.30. The molecule has 1 aromatic rings. The average Bonchev–Trinajstić information content (AvgIpc) is 2.73. The summed E-state index contributed by atoms with van der Waals surface area (Å²) in [5, 5.41) is 11.7. The predicted octanol–water partition coefficient (Wildman–Crippen LogP) is 0.375. The molecule has 8 heteroatoms. The highest BCUT2D eigenvalue weighted by Crippen LogP contribution is 2.15. The van der Waals surface area contributed by atoms with Crippen LogP contribution in [0.5, 0.6) is 0 Å². The van der Waals surface area contributed by atoms with Gasteiger partial charge in [-0.25, -0.2) is 4.99 Å². The molecule has 0 amide bonds. The molecule has 1 aliphatic heterocycles. The van der Waals surface area contributed by atoms with E-state index in [-0.39, 0.29) is 24.0 Å². The number of likely N-dealkylation sites (tertiary alicyclic amines) is 1. The van der Waals surface area contributed by atoms with Gasteiger partial charge in [0.2, 0.25) is 0 Å². The van der Waals surface area contributed by atoms with Gasteiger partial charge in [-0.3, -0.25) is 0 Å². The van der Waals surface area contributed by atoms with Gasteiger partial charge in [0.15, 0.2) is 11.8 Å². The lowest BCUT2D eigenvalue weighted by atomic mass is 10.00. The zero-order chi connectivity index (χ0) is 12.3. The number of piperidine rings is 1. The molecule has 0 bridgehead atoms. The molecule has 18 heavy (non-hydrogen) atoms. The van der Waals surface area contributed by atoms with Crippen molar-refractivity contribution in [3.63, 3.8) is 0 Å². The lowest BCUT2D eigenvalue weighted by molar-refractivity contribution is 0.277. The van der Waals surface area contributed by atoms with E-state index in [1.807, 2.05) is 0 Å². The number of aryl methyl sites for hydroxylation is 1. The Balaban J connectivity index is 0.00000162. The fraction of sp³-hybridized carbons (Fsp3) is 0.800. The van der Waals surface area contributed by atoms with Crippen molar-refractivity contribution in [3.05, 3.63) is 5.82 Å². The minimum atomic E-state index is 0. The molecule has 0 spiro atoms. The van der Waals surface area contributed by atoms with Gasteiger partial charge in [-0.1, -0.05) is 6.92 Å². The highest BCUT2D eigenvalue weighted by molar-refractivity contribution is 14.0. The quantitative estimate of drug-likeness (QED) is 0.465. The van der Waals surface area contributed by atoms with Gasteiger partial charge >= 0.3 is 0 Å². The molecule has 1 saturated heterocycles. The van der Waals surface area contributed by atoms with Crippen LogP contribution in [0, 0.1) is 5.92 Å². The second-order valence-electron chi connectivity index (χ2n) is 4.54. The van der Waals surface area contributed by atoms with Crippen LogP contribution in [0.1, 0.15) is 25.6 Å². The molecule has 0 atom stereocenters. The van der Waals surface area contributed by atoms with E-state index in [1.54, 1.807) is 7.05 Å². The Morgan fingerprint density at radius 1 is 1.44 bits per heavy atom. The number of hydrogen-bond donors (Lipinski definition) is 1. The van der Waals surface area contributed by atoms with Gasteiger partial charge in [0.05, 0.1) is 7.05 Å². The molecule has 1 fully saturated rings. The zero-order valence-corrected chi connectivity index (χ0v) is 13.1. The lowest BCUT2D eigenvalue weighted by Crippen LogP contribution is -2.42. The summed E-state index contributed by atoms with van der Waals surface area (Å²) in [5.74, 6) is 1.98. The van der Waals surface area contributed by atoms with E-state index in [9.17, 15) is 0 Å². The second kappa shape index (κ2) is 6.86. The van der Waals surface area contributed by atoms with Crippen molar-refractivity contribution in [1.82, 2.24) is 25.1 Å². The fourth-order valence-electron chi connectivity index (χ4n) is 1.88. The number of rotatable bonds is 2. The summed E-state index contributed by atoms with van der Waals surface area (Å²) in [6, 6.07) is 0. The van der Waals surface area contributed by atoms with Crippen molar-refractivity contribution in [2.75, 3.05) is 13.1 Å². The molecule has 0 radical (unpaired) electrons. The Morgan fingerprint density at radius 2 is 2.11 bits per heavy atom. The second-order valence-corrected chi connectivity index (χ2v) is 4.54. The van der Waals surface area contributed by atoms with E-state index >= 15 is 0 Å². The Labute approximate surface area is 124 Å². The first-order valence-electron chi connectivity index (χ1n) is 5.93. The van der Waals surface area contributed by atoms with Crippen LogP contribution in [0.25, 0.3) is 0 Å². The number of tetrazole rings is 1. The van der Waals surface area contributed by atoms with Gasteiger partial charge in [-0.05, 0) is 24.0 Å². The Hall–Kier alpha value is -0.930. The van der Waals surface area contributed by atoms with Gasteiger partial charge in [0.25, 0.3) is 0 Å². The third-order valence-electron chi connectivity index (χ3n) is 3.04. The molecule has 0 aliphatic carbocycles. The van der Waals surface area contributed by atoms with Crippen molar-refractivity contribution >= 4 is 29.9 Å². The zero-order valence-electron chi connectivity index (χ0n) is 10.8. The summed E-state index contributed by atoms with van der Waals surface area (Å²) in [6.07, 6.45) is 2.36. The Kier molecular flexibility index (Phi) is 5.76. The largest absolute Gasteiger partial charge is 0.370 e. The van der Waals surface area contributed by atoms with E-state index in [2.05, 4.69) is 32.2 Å². The third kappa shape index (κ3) is 4.07. The van der Waals surface area contributed by atoms with E-state index < -0.39 is 0 Å². The first kappa shape index (κ1) is 15.1. The van der Waals surface area contributed by atoms with E-state index in [0.29, 0.717) is 18.3 Å². The SMILES string of the molecule is CC1CCN(C(N)=NCc2nnn(C)n2)CC1.I. The third-order valence-corrected chi connectivity index (χ3v) is 3.04. The first-order chi connectivity index (χ1) is 8.15. The maximum absolute atomic E-state index is 5.94. The van der Waals surface area contributed by atoms with Gasteiger partial charge < -0.3 is 10.6 Å². The summed E-state index contributed by atoms with van der Waals surface area (Å²) in [6.45, 7) is 4.65. The first-order valence-corrected chi connectivity index (χ1v) is 5.93. The number of guanidine groups is 1. The molecule has 1 aromatic heterocycles. The monoisotopic (exact) mass is 365 g/mol. The van der Waals surface area contributed by atoms with E-state index in [4.69, 9.17) is 5.73 Å². The molecule has 0 unspecified atom stereocenters. The number of hydrogen-bond acceptors (Lipinski definition) is 4. The maximum Gasteiger partial charge on any atom is 0.196 e. The number of nitrogens with zero attached hydrogens (tertiary/aromatic N) is 6. The summed E-state index contributed by atoms with van der Waals surface area (Å²) < 4.78 is 0. The molecule has 7 nitrogen and oxygen atoms in total. The van der Waals surface area contributed by atoms with Crippen molar-refractivity contribution in [2.45, 2.75) is 26.3 Å². The Morgan fingerprint density at radius 3 is 2.67 bits per heavy atom. The fourth-order valence-corrected chi connectivity index (χ4v) is 1.88. The van der Waals surface area contributed by atoms with E-state index in [0.717, 1.165) is 19.0 Å². The van der Waals surface area contributed by atoms with Crippen LogP contribution in [0.3, 0.4) is 0 Å². The standard InChI is InChI=1S/C10H19N7.HI/c1-8-3-5-17(6-4-8)10(11)12-7-9-13-15-16(2)14-9;/h8H,3-7H2,1-2H3,(H2,11,12);1H. The van der Waals surface area contributed by atoms with Gasteiger partial charge in [-0.2, -0.15) is 4.80 Å². The number of aromatic nitrogens is 4. The summed E-state index contributed by atoms with van der Waals surface area (Å²) in [7, 11) is 1.73. The molecular weight excluding hydrogens is 345 g/mol. The number of nitrogens with two attached hydrogens (primary N) is 1. The minimum Gasteiger partial charge on any atom is -0.370 e. The highest BCUT2D eigenvalue weighted by atomic mass is 127. The van der Waals surface area contributed by atoms with Crippen LogP contribution in [0.15, 0.2) is 4.99 Å². The van der Waals surface area contributed by atoms with Crippen molar-refractivity contribution in [1.29, 1.82) is 0 Å². The smallest absolute Gasteiger partial charge is 0.196 e. The minimum absolute atomic E-state index is 0. The van der Waals surface area contributed by atoms with Crippen LogP contribution in [-0.2, 0) is 13.6 Å². The van der Waals surface area contributed by atoms with Crippen molar-refractivity contribution in [3.8, 4) is 0 Å². The van der Waals surface area contributed by atoms with Crippen LogP contribution >= 0.6 is 24.0 Å². The van der Waals surface area contributed by atoms with E-state index in [1.165, 1.54) is 17.6 Å². The molecular formula is C10H20IN7. The average molecular weight is 365 g/mol. The van der Waals surface area contributed by atoms with Gasteiger partial charge in [0, 0.05) is 13.1 Å². The topological polar surface area (TPSA) is 85.2 Å².